The molecule has 5 rings (SSSR count). The minimum Gasteiger partial charge on any atom is -0.506 e. The van der Waals surface area contributed by atoms with Gasteiger partial charge >= 0.3 is 6.09 Å². The molecule has 0 unspecified atom stereocenters. The number of aromatic hydroxyl groups is 1. The van der Waals surface area contributed by atoms with Crippen LogP contribution in [0.5, 0.6) is 11.5 Å². The first-order valence-corrected chi connectivity index (χ1v) is 16.1. The van der Waals surface area contributed by atoms with Gasteiger partial charge in [0.2, 0.25) is 11.5 Å². The van der Waals surface area contributed by atoms with E-state index < -0.39 is 18.2 Å². The third kappa shape index (κ3) is 9.11. The summed E-state index contributed by atoms with van der Waals surface area (Å²) < 4.78 is 6.13. The van der Waals surface area contributed by atoms with E-state index in [-0.39, 0.29) is 29.7 Å². The number of carboxylic acid groups (broad SMARTS) is 1. The van der Waals surface area contributed by atoms with Crippen LogP contribution in [-0.2, 0) is 4.79 Å². The quantitative estimate of drug-likeness (QED) is 0.0978. The van der Waals surface area contributed by atoms with Crippen LogP contribution in [0, 0.1) is 11.8 Å². The number of ether oxygens (including phenoxy) is 1. The fourth-order valence-electron chi connectivity index (χ4n) is 6.18. The summed E-state index contributed by atoms with van der Waals surface area (Å²) in [5.41, 5.74) is 2.22. The Bertz CT molecular complexity index is 1700. The van der Waals surface area contributed by atoms with Crippen LogP contribution in [0.15, 0.2) is 83.7 Å². The van der Waals surface area contributed by atoms with Crippen molar-refractivity contribution in [2.24, 2.45) is 11.8 Å². The zero-order valence-corrected chi connectivity index (χ0v) is 26.2. The van der Waals surface area contributed by atoms with Crippen LogP contribution in [0.4, 0.5) is 4.79 Å². The monoisotopic (exact) mass is 642 g/mol. The largest absolute Gasteiger partial charge is 0.506 e. The Balaban J connectivity index is 0.996. The summed E-state index contributed by atoms with van der Waals surface area (Å²) in [6.07, 6.45) is 2.16. The smallest absolute Gasteiger partial charge is 0.405 e. The second-order valence-corrected chi connectivity index (χ2v) is 12.0. The van der Waals surface area contributed by atoms with E-state index in [1.807, 2.05) is 54.6 Å². The highest BCUT2D eigenvalue weighted by molar-refractivity contribution is 5.87. The predicted molar refractivity (Wildman–Crippen MR) is 179 cm³/mol. The van der Waals surface area contributed by atoms with E-state index >= 15 is 0 Å². The molecule has 1 heterocycles. The summed E-state index contributed by atoms with van der Waals surface area (Å²) in [6, 6.07) is 22.5. The van der Waals surface area contributed by atoms with Gasteiger partial charge in [0.1, 0.15) is 11.5 Å². The zero-order chi connectivity index (χ0) is 33.2. The van der Waals surface area contributed by atoms with Crippen molar-refractivity contribution in [2.75, 3.05) is 26.2 Å². The van der Waals surface area contributed by atoms with Crippen molar-refractivity contribution >= 4 is 22.9 Å². The number of carbonyl (C=O) groups excluding carboxylic acids is 1. The molecule has 0 bridgehead atoms. The molecular weight excluding hydrogens is 600 g/mol. The molecular formula is C36H42N4O7. The molecule has 1 aliphatic carbocycles. The highest BCUT2D eigenvalue weighted by Crippen LogP contribution is 2.31. The van der Waals surface area contributed by atoms with E-state index in [4.69, 9.17) is 4.74 Å². The van der Waals surface area contributed by atoms with Gasteiger partial charge in [0, 0.05) is 30.5 Å². The van der Waals surface area contributed by atoms with Gasteiger partial charge in [-0.15, -0.1) is 0 Å². The summed E-state index contributed by atoms with van der Waals surface area (Å²) in [7, 11) is 0. The number of aromatic amines is 1. The molecule has 0 radical (unpaired) electrons. The molecule has 4 aromatic rings. The van der Waals surface area contributed by atoms with Crippen LogP contribution < -0.4 is 26.2 Å². The van der Waals surface area contributed by atoms with Gasteiger partial charge in [-0.3, -0.25) is 9.59 Å². The number of phenolic OH excluding ortho intramolecular Hbond substituents is 1. The number of rotatable bonds is 14. The SMILES string of the molecule is O=C(O)N[C@@H](c1ccccc1)c1cccc(OCC2CCC(C(=O)NCCCNC[C@H](O)c3ccc(O)c4[nH]c(=O)ccc34)CC2)c1. The van der Waals surface area contributed by atoms with Gasteiger partial charge in [-0.2, -0.15) is 0 Å². The summed E-state index contributed by atoms with van der Waals surface area (Å²) in [6.45, 7) is 1.96. The van der Waals surface area contributed by atoms with Gasteiger partial charge in [0.15, 0.2) is 0 Å². The normalized spacial score (nSPS) is 17.5. The molecule has 0 saturated heterocycles. The van der Waals surface area contributed by atoms with E-state index in [0.717, 1.165) is 36.8 Å². The van der Waals surface area contributed by atoms with E-state index in [9.17, 15) is 29.7 Å². The Hall–Kier alpha value is -4.87. The van der Waals surface area contributed by atoms with E-state index in [1.54, 1.807) is 12.1 Å². The molecule has 11 heteroatoms. The molecule has 0 spiro atoms. The second kappa shape index (κ2) is 16.1. The molecule has 47 heavy (non-hydrogen) atoms. The zero-order valence-electron chi connectivity index (χ0n) is 26.2. The van der Waals surface area contributed by atoms with Crippen LogP contribution in [0.2, 0.25) is 0 Å². The molecule has 248 valence electrons. The van der Waals surface area contributed by atoms with Gasteiger partial charge < -0.3 is 41.0 Å². The molecule has 7 N–H and O–H groups in total. The number of carbonyl (C=O) groups is 2. The first-order chi connectivity index (χ1) is 22.8. The maximum atomic E-state index is 12.8. The molecule has 1 fully saturated rings. The Labute approximate surface area is 273 Å². The van der Waals surface area contributed by atoms with Crippen LogP contribution >= 0.6 is 0 Å². The Morgan fingerprint density at radius 3 is 2.45 bits per heavy atom. The third-order valence-electron chi connectivity index (χ3n) is 8.73. The van der Waals surface area contributed by atoms with Crippen LogP contribution in [0.25, 0.3) is 10.9 Å². The Kier molecular flexibility index (Phi) is 11.5. The van der Waals surface area contributed by atoms with Crippen LogP contribution in [0.1, 0.15) is 60.9 Å². The van der Waals surface area contributed by atoms with Gasteiger partial charge in [0.25, 0.3) is 0 Å². The van der Waals surface area contributed by atoms with Crippen LogP contribution in [-0.4, -0.2) is 58.5 Å². The van der Waals surface area contributed by atoms with Gasteiger partial charge in [0.05, 0.1) is 24.3 Å². The number of aromatic nitrogens is 1. The first kappa shape index (κ1) is 33.5. The van der Waals surface area contributed by atoms with Gasteiger partial charge in [-0.25, -0.2) is 4.79 Å². The molecule has 3 aromatic carbocycles. The number of nitrogens with one attached hydrogen (secondary N) is 4. The minimum absolute atomic E-state index is 0.0210. The maximum absolute atomic E-state index is 12.8. The summed E-state index contributed by atoms with van der Waals surface area (Å²) in [4.78, 5) is 38.5. The lowest BCUT2D eigenvalue weighted by Gasteiger charge is -2.28. The number of aliphatic hydroxyl groups is 1. The number of phenols is 1. The lowest BCUT2D eigenvalue weighted by atomic mass is 9.82. The molecule has 1 aliphatic rings. The Morgan fingerprint density at radius 1 is 0.915 bits per heavy atom. The van der Waals surface area contributed by atoms with Gasteiger partial charge in [-0.05, 0) is 85.5 Å². The van der Waals surface area contributed by atoms with Crippen molar-refractivity contribution in [3.05, 3.63) is 106 Å². The molecule has 2 amide bonds. The van der Waals surface area contributed by atoms with Crippen molar-refractivity contribution in [3.8, 4) is 11.5 Å². The fraction of sp³-hybridized carbons (Fsp3) is 0.361. The number of benzene rings is 3. The van der Waals surface area contributed by atoms with E-state index in [1.165, 1.54) is 12.1 Å². The average molecular weight is 643 g/mol. The Morgan fingerprint density at radius 2 is 1.68 bits per heavy atom. The molecule has 11 nitrogen and oxygen atoms in total. The number of aliphatic hydroxyl groups excluding tert-OH is 1. The van der Waals surface area contributed by atoms with Crippen molar-refractivity contribution < 1.29 is 29.6 Å². The topological polar surface area (TPSA) is 173 Å². The standard InChI is InChI=1S/C36H42N4O7/c41-30-16-14-28(29-15-17-32(43)39-34(29)30)31(42)21-37-18-5-19-38-35(44)25-12-10-23(11-13-25)22-47-27-9-4-8-26(20-27)33(40-36(45)46)24-6-2-1-3-7-24/h1-4,6-9,14-17,20,23,25,31,33,37,40-42H,5,10-13,18-19,21-22H2,(H,38,44)(H,39,43)(H,45,46)/t23?,25?,31-,33-/m0/s1. The number of H-pyrrole nitrogens is 1. The number of pyridine rings is 1. The second-order valence-electron chi connectivity index (χ2n) is 12.0. The van der Waals surface area contributed by atoms with E-state index in [0.29, 0.717) is 54.3 Å². The average Bonchev–Trinajstić information content (AvgIpc) is 3.08. The summed E-state index contributed by atoms with van der Waals surface area (Å²) >= 11 is 0. The minimum atomic E-state index is -1.10. The lowest BCUT2D eigenvalue weighted by molar-refractivity contribution is -0.126. The molecule has 1 saturated carbocycles. The highest BCUT2D eigenvalue weighted by Gasteiger charge is 2.26. The summed E-state index contributed by atoms with van der Waals surface area (Å²) in [5.74, 6) is 1.02. The summed E-state index contributed by atoms with van der Waals surface area (Å²) in [5, 5.41) is 39.6. The van der Waals surface area contributed by atoms with Gasteiger partial charge in [-0.1, -0.05) is 48.5 Å². The highest BCUT2D eigenvalue weighted by atomic mass is 16.5. The molecule has 2 atom stereocenters. The lowest BCUT2D eigenvalue weighted by Crippen LogP contribution is -2.35. The molecule has 1 aromatic heterocycles. The number of amides is 2. The van der Waals surface area contributed by atoms with Crippen molar-refractivity contribution in [3.63, 3.8) is 0 Å². The van der Waals surface area contributed by atoms with Crippen molar-refractivity contribution in [2.45, 2.75) is 44.2 Å². The number of hydrogen-bond acceptors (Lipinski definition) is 7. The first-order valence-electron chi connectivity index (χ1n) is 16.1. The number of hydrogen-bond donors (Lipinski definition) is 7. The van der Waals surface area contributed by atoms with Crippen LogP contribution in [0.3, 0.4) is 0 Å². The van der Waals surface area contributed by atoms with E-state index in [2.05, 4.69) is 20.9 Å². The number of fused-ring (bicyclic) bond motifs is 1. The van der Waals surface area contributed by atoms with Crippen molar-refractivity contribution in [1.29, 1.82) is 0 Å². The third-order valence-corrected chi connectivity index (χ3v) is 8.73. The fourth-order valence-corrected chi connectivity index (χ4v) is 6.18. The van der Waals surface area contributed by atoms with Crippen molar-refractivity contribution in [1.82, 2.24) is 20.9 Å². The molecule has 0 aliphatic heterocycles. The maximum Gasteiger partial charge on any atom is 0.405 e. The predicted octanol–water partition coefficient (Wildman–Crippen LogP) is 4.61.